The highest BCUT2D eigenvalue weighted by Crippen LogP contribution is 2.48. The monoisotopic (exact) mass is 445 g/mol. The van der Waals surface area contributed by atoms with Crippen LogP contribution in [0.3, 0.4) is 0 Å². The van der Waals surface area contributed by atoms with Crippen LogP contribution in [0.5, 0.6) is 11.5 Å². The number of phenols is 1. The molecule has 0 radical (unpaired) electrons. The normalized spacial score (nSPS) is 19.0. The second-order valence-corrected chi connectivity index (χ2v) is 9.43. The molecule has 2 aliphatic rings. The number of anilines is 1. The van der Waals surface area contributed by atoms with E-state index < -0.39 is 5.92 Å². The summed E-state index contributed by atoms with van der Waals surface area (Å²) in [5, 5.41) is 17.1. The third kappa shape index (κ3) is 3.53. The average Bonchev–Trinajstić information content (AvgIpc) is 3.09. The van der Waals surface area contributed by atoms with Crippen molar-refractivity contribution in [1.82, 2.24) is 9.78 Å². The van der Waals surface area contributed by atoms with Gasteiger partial charge in [0, 0.05) is 23.6 Å². The number of ketones is 1. The highest BCUT2D eigenvalue weighted by molar-refractivity contribution is 6.01. The summed E-state index contributed by atoms with van der Waals surface area (Å²) in [6.45, 7) is 6.41. The van der Waals surface area contributed by atoms with Crippen LogP contribution in [0, 0.1) is 5.41 Å². The SMILES string of the molecule is CCOc1ccc([C@H]2C3=C(CC(C)(C)CC3=O)Nc3[nH]n(-c4ccccc4)c(=O)c32)cc1O. The molecule has 7 nitrogen and oxygen atoms in total. The van der Waals surface area contributed by atoms with E-state index in [1.807, 2.05) is 43.3 Å². The Kier molecular flexibility index (Phi) is 4.92. The van der Waals surface area contributed by atoms with Crippen molar-refractivity contribution in [1.29, 1.82) is 0 Å². The molecule has 1 aliphatic carbocycles. The van der Waals surface area contributed by atoms with Crippen molar-refractivity contribution >= 4 is 11.6 Å². The zero-order valence-electron chi connectivity index (χ0n) is 18.9. The predicted molar refractivity (Wildman–Crippen MR) is 126 cm³/mol. The molecule has 7 heteroatoms. The molecule has 3 aromatic rings. The van der Waals surface area contributed by atoms with Gasteiger partial charge in [-0.25, -0.2) is 4.68 Å². The third-order valence-electron chi connectivity index (χ3n) is 6.33. The topological polar surface area (TPSA) is 96.4 Å². The number of hydrogen-bond acceptors (Lipinski definition) is 5. The first-order chi connectivity index (χ1) is 15.8. The van der Waals surface area contributed by atoms with Crippen LogP contribution in [0.4, 0.5) is 5.82 Å². The molecule has 2 heterocycles. The maximum absolute atomic E-state index is 13.6. The Bertz CT molecular complexity index is 1330. The van der Waals surface area contributed by atoms with Gasteiger partial charge in [0.25, 0.3) is 5.56 Å². The van der Waals surface area contributed by atoms with Crippen LogP contribution in [0.15, 0.2) is 64.6 Å². The molecular formula is C26H27N3O4. The lowest BCUT2D eigenvalue weighted by Crippen LogP contribution is -2.35. The Labute approximate surface area is 191 Å². The first kappa shape index (κ1) is 21.1. The summed E-state index contributed by atoms with van der Waals surface area (Å²) < 4.78 is 6.97. The van der Waals surface area contributed by atoms with Crippen LogP contribution < -0.4 is 15.6 Å². The molecule has 0 spiro atoms. The molecular weight excluding hydrogens is 418 g/mol. The van der Waals surface area contributed by atoms with Crippen LogP contribution >= 0.6 is 0 Å². The van der Waals surface area contributed by atoms with Gasteiger partial charge in [-0.1, -0.05) is 38.1 Å². The molecule has 170 valence electrons. The summed E-state index contributed by atoms with van der Waals surface area (Å²) in [6, 6.07) is 14.4. The standard InChI is InChI=1S/C26H27N3O4/c1-4-33-20-11-10-15(12-18(20)30)21-22-17(13-26(2,3)14-19(22)31)27-24-23(21)25(32)29(28-24)16-8-6-5-7-9-16/h5-12,21,27-28,30H,4,13-14H2,1-3H3/t21-/m0/s1. The first-order valence-corrected chi connectivity index (χ1v) is 11.2. The van der Waals surface area contributed by atoms with Gasteiger partial charge in [0.2, 0.25) is 0 Å². The van der Waals surface area contributed by atoms with Crippen molar-refractivity contribution in [2.24, 2.45) is 5.41 Å². The van der Waals surface area contributed by atoms with Gasteiger partial charge in [-0.3, -0.25) is 14.7 Å². The molecule has 3 N–H and O–H groups in total. The van der Waals surface area contributed by atoms with Crippen molar-refractivity contribution in [2.75, 3.05) is 11.9 Å². The number of nitrogens with one attached hydrogen (secondary N) is 2. The Morgan fingerprint density at radius 3 is 2.58 bits per heavy atom. The molecule has 1 aromatic heterocycles. The molecule has 0 saturated carbocycles. The smallest absolute Gasteiger partial charge is 0.277 e. The number of fused-ring (bicyclic) bond motifs is 1. The van der Waals surface area contributed by atoms with E-state index in [0.717, 1.165) is 5.70 Å². The van der Waals surface area contributed by atoms with Crippen LogP contribution in [0.25, 0.3) is 5.69 Å². The lowest BCUT2D eigenvalue weighted by molar-refractivity contribution is -0.118. The maximum Gasteiger partial charge on any atom is 0.277 e. The summed E-state index contributed by atoms with van der Waals surface area (Å²) in [7, 11) is 0. The van der Waals surface area contributed by atoms with Gasteiger partial charge in [0.15, 0.2) is 17.3 Å². The number of hydrogen-bond donors (Lipinski definition) is 3. The molecule has 5 rings (SSSR count). The number of carbonyl (C=O) groups excluding carboxylic acids is 1. The summed E-state index contributed by atoms with van der Waals surface area (Å²) in [5.74, 6) is 0.363. The summed E-state index contributed by atoms with van der Waals surface area (Å²) in [4.78, 5) is 27.0. The number of H-pyrrole nitrogens is 1. The molecule has 1 atom stereocenters. The van der Waals surface area contributed by atoms with E-state index in [-0.39, 0.29) is 22.5 Å². The van der Waals surface area contributed by atoms with Crippen molar-refractivity contribution in [2.45, 2.75) is 39.5 Å². The number of rotatable bonds is 4. The van der Waals surface area contributed by atoms with E-state index in [4.69, 9.17) is 4.74 Å². The average molecular weight is 446 g/mol. The number of ether oxygens (including phenoxy) is 1. The van der Waals surface area contributed by atoms with Gasteiger partial charge in [0.1, 0.15) is 5.82 Å². The number of allylic oxidation sites excluding steroid dienone is 2. The fourth-order valence-electron chi connectivity index (χ4n) is 4.97. The molecule has 0 saturated heterocycles. The van der Waals surface area contributed by atoms with Crippen molar-refractivity contribution in [3.63, 3.8) is 0 Å². The van der Waals surface area contributed by atoms with Gasteiger partial charge < -0.3 is 15.2 Å². The van der Waals surface area contributed by atoms with Gasteiger partial charge in [-0.2, -0.15) is 0 Å². The summed E-state index contributed by atoms with van der Waals surface area (Å²) >= 11 is 0. The van der Waals surface area contributed by atoms with Gasteiger partial charge in [-0.05, 0) is 48.6 Å². The number of Topliss-reactive ketones (excluding diaryl/α,β-unsaturated/α-hetero) is 1. The van der Waals surface area contributed by atoms with Crippen LogP contribution in [0.2, 0.25) is 0 Å². The van der Waals surface area contributed by atoms with E-state index in [2.05, 4.69) is 24.3 Å². The van der Waals surface area contributed by atoms with Gasteiger partial charge in [0.05, 0.1) is 17.9 Å². The maximum atomic E-state index is 13.6. The number of nitrogens with zero attached hydrogens (tertiary/aromatic N) is 1. The lowest BCUT2D eigenvalue weighted by atomic mass is 9.69. The number of carbonyl (C=O) groups is 1. The number of aromatic hydroxyl groups is 1. The van der Waals surface area contributed by atoms with E-state index >= 15 is 0 Å². The van der Waals surface area contributed by atoms with Crippen molar-refractivity contribution in [3.05, 3.63) is 81.3 Å². The minimum absolute atomic E-state index is 0.0147. The Morgan fingerprint density at radius 2 is 1.88 bits per heavy atom. The number of benzene rings is 2. The highest BCUT2D eigenvalue weighted by Gasteiger charge is 2.43. The van der Waals surface area contributed by atoms with Gasteiger partial charge in [-0.15, -0.1) is 0 Å². The fourth-order valence-corrected chi connectivity index (χ4v) is 4.97. The van der Waals surface area contributed by atoms with Crippen LogP contribution in [0.1, 0.15) is 50.7 Å². The predicted octanol–water partition coefficient (Wildman–Crippen LogP) is 4.47. The van der Waals surface area contributed by atoms with E-state index in [9.17, 15) is 14.7 Å². The Balaban J connectivity index is 1.72. The fraction of sp³-hybridized carbons (Fsp3) is 0.308. The molecule has 2 aromatic carbocycles. The van der Waals surface area contributed by atoms with E-state index in [0.29, 0.717) is 53.4 Å². The molecule has 1 aliphatic heterocycles. The van der Waals surface area contributed by atoms with Gasteiger partial charge >= 0.3 is 0 Å². The highest BCUT2D eigenvalue weighted by atomic mass is 16.5. The second-order valence-electron chi connectivity index (χ2n) is 9.43. The molecule has 0 bridgehead atoms. The van der Waals surface area contributed by atoms with Crippen molar-refractivity contribution in [3.8, 4) is 17.2 Å². The second kappa shape index (κ2) is 7.69. The van der Waals surface area contributed by atoms with E-state index in [1.165, 1.54) is 4.68 Å². The van der Waals surface area contributed by atoms with Crippen LogP contribution in [-0.4, -0.2) is 27.3 Å². The minimum atomic E-state index is -0.588. The summed E-state index contributed by atoms with van der Waals surface area (Å²) in [5.41, 5.74) is 2.85. The van der Waals surface area contributed by atoms with Crippen LogP contribution in [-0.2, 0) is 4.79 Å². The summed E-state index contributed by atoms with van der Waals surface area (Å²) in [6.07, 6.45) is 1.09. The molecule has 0 fully saturated rings. The minimum Gasteiger partial charge on any atom is -0.504 e. The lowest BCUT2D eigenvalue weighted by Gasteiger charge is -2.37. The zero-order valence-corrected chi connectivity index (χ0v) is 18.9. The number of phenolic OH excluding ortho intramolecular Hbond substituents is 1. The molecule has 0 unspecified atom stereocenters. The number of aromatic nitrogens is 2. The zero-order chi connectivity index (χ0) is 23.3. The quantitative estimate of drug-likeness (QED) is 0.551. The largest absolute Gasteiger partial charge is 0.504 e. The molecule has 33 heavy (non-hydrogen) atoms. The van der Waals surface area contributed by atoms with Crippen molar-refractivity contribution < 1.29 is 14.6 Å². The first-order valence-electron chi connectivity index (χ1n) is 11.2. The number of aromatic amines is 1. The Hall–Kier alpha value is -3.74. The van der Waals surface area contributed by atoms with E-state index in [1.54, 1.807) is 12.1 Å². The Morgan fingerprint density at radius 1 is 1.12 bits per heavy atom. The number of para-hydroxylation sites is 1. The molecule has 0 amide bonds. The third-order valence-corrected chi connectivity index (χ3v) is 6.33.